The summed E-state index contributed by atoms with van der Waals surface area (Å²) in [6, 6.07) is 22.0. The Morgan fingerprint density at radius 3 is 2.34 bits per heavy atom. The second kappa shape index (κ2) is 10.4. The fraction of sp³-hybridized carbons (Fsp3) is 0.200. The molecule has 4 aromatic rings. The number of hydrogen-bond acceptors (Lipinski definition) is 6. The average molecular weight is 496 g/mol. The van der Waals surface area contributed by atoms with Crippen molar-refractivity contribution in [2.75, 3.05) is 0 Å². The number of benzene rings is 3. The molecule has 8 nitrogen and oxygen atoms in total. The van der Waals surface area contributed by atoms with Gasteiger partial charge in [-0.2, -0.15) is 0 Å². The van der Waals surface area contributed by atoms with Crippen LogP contribution in [0.5, 0.6) is 0 Å². The molecule has 0 saturated heterocycles. The summed E-state index contributed by atoms with van der Waals surface area (Å²) in [5.74, 6) is 0.0904. The lowest BCUT2D eigenvalue weighted by Gasteiger charge is -2.19. The molecule has 10 heteroatoms. The molecule has 0 unspecified atom stereocenters. The van der Waals surface area contributed by atoms with Crippen LogP contribution in [0, 0.1) is 5.82 Å². The highest BCUT2D eigenvalue weighted by Gasteiger charge is 2.20. The SMILES string of the molecule is C[C@H](NCc1nc(Cc2ccccc2)n(-c2ccc(S(N)(=O)=O)cc2F)n1)[C@H](O)c1ccccc1. The van der Waals surface area contributed by atoms with Crippen molar-refractivity contribution in [3.05, 3.63) is 107 Å². The van der Waals surface area contributed by atoms with Gasteiger partial charge in [0.2, 0.25) is 10.0 Å². The molecule has 0 amide bonds. The first-order valence-corrected chi connectivity index (χ1v) is 12.5. The summed E-state index contributed by atoms with van der Waals surface area (Å²) in [6.07, 6.45) is -0.350. The van der Waals surface area contributed by atoms with Gasteiger partial charge in [-0.1, -0.05) is 60.7 Å². The Hall–Kier alpha value is -3.44. The number of nitrogens with zero attached hydrogens (tertiary/aromatic N) is 3. The number of sulfonamides is 1. The zero-order valence-electron chi connectivity index (χ0n) is 19.0. The number of aromatic nitrogens is 3. The number of aliphatic hydroxyl groups excluding tert-OH is 1. The minimum Gasteiger partial charge on any atom is -0.387 e. The molecule has 2 atom stereocenters. The third-order valence-electron chi connectivity index (χ3n) is 5.60. The molecule has 1 aromatic heterocycles. The summed E-state index contributed by atoms with van der Waals surface area (Å²) < 4.78 is 39.5. The van der Waals surface area contributed by atoms with Gasteiger partial charge < -0.3 is 10.4 Å². The lowest BCUT2D eigenvalue weighted by molar-refractivity contribution is 0.135. The van der Waals surface area contributed by atoms with E-state index >= 15 is 0 Å². The Kier molecular flexibility index (Phi) is 7.37. The third kappa shape index (κ3) is 5.98. The molecule has 0 aliphatic heterocycles. The molecule has 4 rings (SSSR count). The van der Waals surface area contributed by atoms with Crippen LogP contribution in [0.1, 0.15) is 35.8 Å². The van der Waals surface area contributed by atoms with E-state index in [1.54, 1.807) is 0 Å². The van der Waals surface area contributed by atoms with Crippen LogP contribution >= 0.6 is 0 Å². The topological polar surface area (TPSA) is 123 Å². The molecule has 0 saturated carbocycles. The third-order valence-corrected chi connectivity index (χ3v) is 6.51. The quantitative estimate of drug-likeness (QED) is 0.328. The van der Waals surface area contributed by atoms with Gasteiger partial charge in [-0.3, -0.25) is 0 Å². The number of aliphatic hydroxyl groups is 1. The van der Waals surface area contributed by atoms with E-state index < -0.39 is 21.9 Å². The Labute approximate surface area is 203 Å². The molecular formula is C25H26FN5O3S. The maximum absolute atomic E-state index is 14.9. The van der Waals surface area contributed by atoms with E-state index in [9.17, 15) is 17.9 Å². The largest absolute Gasteiger partial charge is 0.387 e. The summed E-state index contributed by atoms with van der Waals surface area (Å²) in [7, 11) is -4.05. The number of halogens is 1. The molecule has 0 aliphatic carbocycles. The van der Waals surface area contributed by atoms with Crippen LogP contribution < -0.4 is 10.5 Å². The molecule has 0 spiro atoms. The molecule has 0 radical (unpaired) electrons. The van der Waals surface area contributed by atoms with E-state index in [4.69, 9.17) is 5.14 Å². The van der Waals surface area contributed by atoms with Crippen LogP contribution in [0.15, 0.2) is 83.8 Å². The highest BCUT2D eigenvalue weighted by atomic mass is 32.2. The molecule has 0 fully saturated rings. The van der Waals surface area contributed by atoms with Gasteiger partial charge >= 0.3 is 0 Å². The number of nitrogens with one attached hydrogen (secondary N) is 1. The van der Waals surface area contributed by atoms with E-state index in [1.165, 1.54) is 16.8 Å². The van der Waals surface area contributed by atoms with Crippen LogP contribution in [0.4, 0.5) is 4.39 Å². The summed E-state index contributed by atoms with van der Waals surface area (Å²) in [5, 5.41) is 23.4. The summed E-state index contributed by atoms with van der Waals surface area (Å²) in [4.78, 5) is 4.27. The lowest BCUT2D eigenvalue weighted by atomic mass is 10.0. The maximum atomic E-state index is 14.9. The van der Waals surface area contributed by atoms with Gasteiger partial charge in [0.1, 0.15) is 17.3 Å². The minimum absolute atomic E-state index is 0.0550. The molecule has 1 heterocycles. The lowest BCUT2D eigenvalue weighted by Crippen LogP contribution is -2.32. The Bertz CT molecular complexity index is 1400. The average Bonchev–Trinajstić information content (AvgIpc) is 3.24. The van der Waals surface area contributed by atoms with Gasteiger partial charge in [-0.15, -0.1) is 5.10 Å². The van der Waals surface area contributed by atoms with Gasteiger partial charge in [0.15, 0.2) is 5.82 Å². The highest BCUT2D eigenvalue weighted by molar-refractivity contribution is 7.89. The predicted molar refractivity (Wildman–Crippen MR) is 130 cm³/mol. The standard InChI is InChI=1S/C25H26FN5O3S/c1-17(25(32)19-10-6-3-7-11-19)28-16-23-29-24(14-18-8-4-2-5-9-18)31(30-23)22-13-12-20(15-21(22)26)35(27,33)34/h2-13,15,17,25,28,32H,14,16H2,1H3,(H2,27,33,34)/t17-,25-/m0/s1. The van der Waals surface area contributed by atoms with E-state index in [-0.39, 0.29) is 23.2 Å². The monoisotopic (exact) mass is 495 g/mol. The minimum atomic E-state index is -4.05. The van der Waals surface area contributed by atoms with Crippen LogP contribution in [0.3, 0.4) is 0 Å². The zero-order valence-corrected chi connectivity index (χ0v) is 19.9. The van der Waals surface area contributed by atoms with E-state index in [0.29, 0.717) is 18.1 Å². The fourth-order valence-corrected chi connectivity index (χ4v) is 4.22. The fourth-order valence-electron chi connectivity index (χ4n) is 3.69. The number of primary sulfonamides is 1. The van der Waals surface area contributed by atoms with Crippen LogP contribution in [0.25, 0.3) is 5.69 Å². The first-order valence-electron chi connectivity index (χ1n) is 11.0. The summed E-state index contributed by atoms with van der Waals surface area (Å²) >= 11 is 0. The van der Waals surface area contributed by atoms with Crippen molar-refractivity contribution in [3.63, 3.8) is 0 Å². The number of hydrogen-bond donors (Lipinski definition) is 3. The van der Waals surface area contributed by atoms with Gasteiger partial charge in [-0.25, -0.2) is 27.6 Å². The molecule has 4 N–H and O–H groups in total. The van der Waals surface area contributed by atoms with E-state index in [2.05, 4.69) is 15.4 Å². The van der Waals surface area contributed by atoms with Crippen molar-refractivity contribution in [2.24, 2.45) is 5.14 Å². The molecule has 3 aromatic carbocycles. The second-order valence-corrected chi connectivity index (χ2v) is 9.76. The summed E-state index contributed by atoms with van der Waals surface area (Å²) in [5.41, 5.74) is 1.79. The van der Waals surface area contributed by atoms with Crippen molar-refractivity contribution in [2.45, 2.75) is 36.9 Å². The van der Waals surface area contributed by atoms with Crippen molar-refractivity contribution >= 4 is 10.0 Å². The van der Waals surface area contributed by atoms with E-state index in [1.807, 2.05) is 67.6 Å². The van der Waals surface area contributed by atoms with Crippen LogP contribution in [-0.4, -0.2) is 34.3 Å². The van der Waals surface area contributed by atoms with Gasteiger partial charge in [-0.05, 0) is 36.2 Å². The van der Waals surface area contributed by atoms with Gasteiger partial charge in [0.25, 0.3) is 0 Å². The predicted octanol–water partition coefficient (Wildman–Crippen LogP) is 2.86. The number of rotatable bonds is 9. The van der Waals surface area contributed by atoms with Gasteiger partial charge in [0.05, 0.1) is 17.5 Å². The van der Waals surface area contributed by atoms with Crippen LogP contribution in [-0.2, 0) is 23.0 Å². The van der Waals surface area contributed by atoms with Crippen LogP contribution in [0.2, 0.25) is 0 Å². The number of nitrogens with two attached hydrogens (primary N) is 1. The first kappa shape index (κ1) is 24.7. The first-order chi connectivity index (χ1) is 16.7. The smallest absolute Gasteiger partial charge is 0.238 e. The molecule has 0 bridgehead atoms. The highest BCUT2D eigenvalue weighted by Crippen LogP contribution is 2.21. The normalized spacial score (nSPS) is 13.5. The Morgan fingerprint density at radius 1 is 1.06 bits per heavy atom. The summed E-state index contributed by atoms with van der Waals surface area (Å²) in [6.45, 7) is 2.09. The van der Waals surface area contributed by atoms with Crippen molar-refractivity contribution in [1.29, 1.82) is 0 Å². The second-order valence-electron chi connectivity index (χ2n) is 8.20. The van der Waals surface area contributed by atoms with E-state index in [0.717, 1.165) is 17.2 Å². The van der Waals surface area contributed by atoms with Crippen molar-refractivity contribution in [1.82, 2.24) is 20.1 Å². The molecular weight excluding hydrogens is 469 g/mol. The van der Waals surface area contributed by atoms with Crippen molar-refractivity contribution in [3.8, 4) is 5.69 Å². The Balaban J connectivity index is 1.61. The maximum Gasteiger partial charge on any atom is 0.238 e. The Morgan fingerprint density at radius 2 is 1.71 bits per heavy atom. The zero-order chi connectivity index (χ0) is 25.0. The molecule has 35 heavy (non-hydrogen) atoms. The van der Waals surface area contributed by atoms with Crippen molar-refractivity contribution < 1.29 is 17.9 Å². The molecule has 182 valence electrons. The van der Waals surface area contributed by atoms with Gasteiger partial charge in [0, 0.05) is 12.5 Å². The molecule has 0 aliphatic rings.